The average molecular weight is 217 g/mol. The van der Waals surface area contributed by atoms with E-state index in [0.717, 1.165) is 6.04 Å². The summed E-state index contributed by atoms with van der Waals surface area (Å²) in [5.74, 6) is 0. The Morgan fingerprint density at radius 1 is 1.06 bits per heavy atom. The Morgan fingerprint density at radius 3 is 2.62 bits per heavy atom. The van der Waals surface area contributed by atoms with Crippen molar-refractivity contribution in [2.75, 3.05) is 0 Å². The number of aromatic nitrogens is 1. The van der Waals surface area contributed by atoms with Crippen LogP contribution in [0.25, 0.3) is 0 Å². The topological polar surface area (TPSA) is 4.93 Å². The highest BCUT2D eigenvalue weighted by atomic mass is 15.1. The SMILES string of the molecule is CCCc1c(CC)c2n3c1CCCC3CC2. The Labute approximate surface area is 98.9 Å². The quantitative estimate of drug-likeness (QED) is 0.725. The highest BCUT2D eigenvalue weighted by Crippen LogP contribution is 2.41. The molecule has 2 aliphatic heterocycles. The van der Waals surface area contributed by atoms with Crippen molar-refractivity contribution in [2.45, 2.75) is 71.3 Å². The van der Waals surface area contributed by atoms with Gasteiger partial charge in [0.15, 0.2) is 0 Å². The van der Waals surface area contributed by atoms with Gasteiger partial charge in [-0.2, -0.15) is 0 Å². The van der Waals surface area contributed by atoms with Crippen LogP contribution in [0, 0.1) is 0 Å². The highest BCUT2D eigenvalue weighted by Gasteiger charge is 2.32. The van der Waals surface area contributed by atoms with E-state index in [0.29, 0.717) is 0 Å². The first-order chi connectivity index (χ1) is 7.86. The van der Waals surface area contributed by atoms with Gasteiger partial charge in [0.25, 0.3) is 0 Å². The second kappa shape index (κ2) is 3.94. The summed E-state index contributed by atoms with van der Waals surface area (Å²) in [6.45, 7) is 4.65. The first kappa shape index (κ1) is 10.4. The lowest BCUT2D eigenvalue weighted by atomic mass is 9.94. The highest BCUT2D eigenvalue weighted by molar-refractivity contribution is 5.42. The van der Waals surface area contributed by atoms with Gasteiger partial charge in [0.05, 0.1) is 0 Å². The summed E-state index contributed by atoms with van der Waals surface area (Å²) in [6, 6.07) is 0.870. The predicted molar refractivity (Wildman–Crippen MR) is 68.1 cm³/mol. The summed E-state index contributed by atoms with van der Waals surface area (Å²) in [5.41, 5.74) is 6.90. The van der Waals surface area contributed by atoms with E-state index >= 15 is 0 Å². The molecule has 0 aromatic carbocycles. The molecule has 1 nitrogen and oxygen atoms in total. The van der Waals surface area contributed by atoms with Crippen molar-refractivity contribution in [3.63, 3.8) is 0 Å². The molecular weight excluding hydrogens is 194 g/mol. The van der Waals surface area contributed by atoms with Crippen LogP contribution in [-0.4, -0.2) is 4.57 Å². The fraction of sp³-hybridized carbons (Fsp3) is 0.733. The minimum Gasteiger partial charge on any atom is -0.345 e. The van der Waals surface area contributed by atoms with Crippen molar-refractivity contribution in [2.24, 2.45) is 0 Å². The van der Waals surface area contributed by atoms with Crippen molar-refractivity contribution >= 4 is 0 Å². The molecule has 3 rings (SSSR count). The average Bonchev–Trinajstić information content (AvgIpc) is 2.85. The Hall–Kier alpha value is -0.720. The van der Waals surface area contributed by atoms with Crippen molar-refractivity contribution in [3.8, 4) is 0 Å². The normalized spacial score (nSPS) is 22.5. The van der Waals surface area contributed by atoms with Crippen LogP contribution in [0.15, 0.2) is 0 Å². The molecule has 0 aliphatic carbocycles. The maximum absolute atomic E-state index is 2.74. The molecule has 16 heavy (non-hydrogen) atoms. The largest absolute Gasteiger partial charge is 0.345 e. The lowest BCUT2D eigenvalue weighted by Crippen LogP contribution is -2.14. The molecule has 0 saturated carbocycles. The fourth-order valence-corrected chi connectivity index (χ4v) is 3.96. The maximum atomic E-state index is 2.74. The Kier molecular flexibility index (Phi) is 2.57. The maximum Gasteiger partial charge on any atom is 0.0340 e. The fourth-order valence-electron chi connectivity index (χ4n) is 3.96. The number of hydrogen-bond acceptors (Lipinski definition) is 0. The molecule has 0 radical (unpaired) electrons. The molecule has 0 bridgehead atoms. The van der Waals surface area contributed by atoms with Crippen LogP contribution in [0.2, 0.25) is 0 Å². The molecule has 0 saturated heterocycles. The summed E-state index contributed by atoms with van der Waals surface area (Å²) in [6.07, 6.45) is 10.8. The Morgan fingerprint density at radius 2 is 1.88 bits per heavy atom. The van der Waals surface area contributed by atoms with Crippen LogP contribution in [0.5, 0.6) is 0 Å². The number of hydrogen-bond donors (Lipinski definition) is 0. The molecule has 88 valence electrons. The zero-order valence-electron chi connectivity index (χ0n) is 10.7. The van der Waals surface area contributed by atoms with Crippen molar-refractivity contribution in [3.05, 3.63) is 22.5 Å². The van der Waals surface area contributed by atoms with Gasteiger partial charge in [-0.25, -0.2) is 0 Å². The lowest BCUT2D eigenvalue weighted by Gasteiger charge is -2.23. The van der Waals surface area contributed by atoms with Crippen LogP contribution >= 0.6 is 0 Å². The first-order valence-electron chi connectivity index (χ1n) is 7.10. The van der Waals surface area contributed by atoms with Crippen molar-refractivity contribution in [1.29, 1.82) is 0 Å². The van der Waals surface area contributed by atoms with Gasteiger partial charge >= 0.3 is 0 Å². The summed E-state index contributed by atoms with van der Waals surface area (Å²) in [7, 11) is 0. The summed E-state index contributed by atoms with van der Waals surface area (Å²) < 4.78 is 2.74. The summed E-state index contributed by atoms with van der Waals surface area (Å²) >= 11 is 0. The minimum absolute atomic E-state index is 0.870. The van der Waals surface area contributed by atoms with Crippen molar-refractivity contribution < 1.29 is 0 Å². The van der Waals surface area contributed by atoms with E-state index in [9.17, 15) is 0 Å². The molecule has 1 unspecified atom stereocenters. The van der Waals surface area contributed by atoms with Gasteiger partial charge < -0.3 is 4.57 Å². The van der Waals surface area contributed by atoms with Gasteiger partial charge in [0.1, 0.15) is 0 Å². The van der Waals surface area contributed by atoms with Crippen LogP contribution in [0.4, 0.5) is 0 Å². The number of rotatable bonds is 3. The van der Waals surface area contributed by atoms with E-state index in [2.05, 4.69) is 18.4 Å². The molecule has 2 aliphatic rings. The van der Waals surface area contributed by atoms with Gasteiger partial charge in [0, 0.05) is 17.4 Å². The standard InChI is InChI=1S/C15H23N/c1-3-6-13-12(4-2)15-10-9-11-7-5-8-14(13)16(11)15/h11H,3-10H2,1-2H3. The zero-order chi connectivity index (χ0) is 11.1. The third kappa shape index (κ3) is 1.30. The molecule has 1 heteroatoms. The molecule has 1 aromatic rings. The number of nitrogens with zero attached hydrogens (tertiary/aromatic N) is 1. The third-order valence-electron chi connectivity index (χ3n) is 4.53. The molecule has 0 N–H and O–H groups in total. The molecule has 0 spiro atoms. The van der Waals surface area contributed by atoms with Gasteiger partial charge in [-0.05, 0) is 56.1 Å². The predicted octanol–water partition coefficient (Wildman–Crippen LogP) is 3.83. The molecule has 0 fully saturated rings. The summed E-state index contributed by atoms with van der Waals surface area (Å²) in [5, 5.41) is 0. The molecule has 3 heterocycles. The van der Waals surface area contributed by atoms with Crippen LogP contribution in [0.3, 0.4) is 0 Å². The van der Waals surface area contributed by atoms with Crippen molar-refractivity contribution in [1.82, 2.24) is 4.57 Å². The summed E-state index contributed by atoms with van der Waals surface area (Å²) in [4.78, 5) is 0. The Bertz CT molecular complexity index is 400. The van der Waals surface area contributed by atoms with Gasteiger partial charge in [-0.3, -0.25) is 0 Å². The minimum atomic E-state index is 0.870. The molecule has 0 amide bonds. The molecular formula is C15H23N. The van der Waals surface area contributed by atoms with E-state index in [-0.39, 0.29) is 0 Å². The molecule has 1 atom stereocenters. The second-order valence-electron chi connectivity index (χ2n) is 5.41. The van der Waals surface area contributed by atoms with E-state index in [4.69, 9.17) is 0 Å². The van der Waals surface area contributed by atoms with E-state index in [1.54, 1.807) is 22.5 Å². The van der Waals surface area contributed by atoms with Crippen LogP contribution < -0.4 is 0 Å². The van der Waals surface area contributed by atoms with Crippen LogP contribution in [-0.2, 0) is 25.7 Å². The van der Waals surface area contributed by atoms with Gasteiger partial charge in [-0.1, -0.05) is 20.3 Å². The first-order valence-corrected chi connectivity index (χ1v) is 7.10. The second-order valence-corrected chi connectivity index (χ2v) is 5.41. The zero-order valence-corrected chi connectivity index (χ0v) is 10.7. The van der Waals surface area contributed by atoms with Gasteiger partial charge in [0.2, 0.25) is 0 Å². The van der Waals surface area contributed by atoms with E-state index < -0.39 is 0 Å². The third-order valence-corrected chi connectivity index (χ3v) is 4.53. The van der Waals surface area contributed by atoms with Gasteiger partial charge in [-0.15, -0.1) is 0 Å². The lowest BCUT2D eigenvalue weighted by molar-refractivity contribution is 0.419. The van der Waals surface area contributed by atoms with Crippen LogP contribution in [0.1, 0.15) is 68.1 Å². The van der Waals surface area contributed by atoms with E-state index in [1.165, 1.54) is 51.4 Å². The smallest absolute Gasteiger partial charge is 0.0340 e. The molecule has 1 aromatic heterocycles. The monoisotopic (exact) mass is 217 g/mol. The van der Waals surface area contributed by atoms with E-state index in [1.807, 2.05) is 0 Å². The Balaban J connectivity index is 2.15.